The summed E-state index contributed by atoms with van der Waals surface area (Å²) in [5.74, 6) is 4.29. The summed E-state index contributed by atoms with van der Waals surface area (Å²) in [4.78, 5) is 0. The minimum atomic E-state index is -0.637. The van der Waals surface area contributed by atoms with E-state index < -0.39 is 10.8 Å². The van der Waals surface area contributed by atoms with Gasteiger partial charge in [0.15, 0.2) is 0 Å². The molecular formula is C10H19NOS. The zero-order valence-corrected chi connectivity index (χ0v) is 8.89. The van der Waals surface area contributed by atoms with Crippen LogP contribution in [0.2, 0.25) is 0 Å². The Hall–Kier alpha value is 0.110. The minimum Gasteiger partial charge on any atom is -0.330 e. The van der Waals surface area contributed by atoms with E-state index >= 15 is 0 Å². The molecule has 2 aliphatic carbocycles. The fourth-order valence-electron chi connectivity index (χ4n) is 3.03. The SMILES string of the molecule is NCCS(=O)CC1CC2CCC1C2. The second-order valence-corrected chi connectivity index (χ2v) is 6.16. The monoisotopic (exact) mass is 201 g/mol. The lowest BCUT2D eigenvalue weighted by Crippen LogP contribution is -2.21. The highest BCUT2D eigenvalue weighted by Crippen LogP contribution is 2.48. The van der Waals surface area contributed by atoms with E-state index in [0.29, 0.717) is 12.3 Å². The normalized spacial score (nSPS) is 39.6. The van der Waals surface area contributed by atoms with Crippen LogP contribution in [0.5, 0.6) is 0 Å². The lowest BCUT2D eigenvalue weighted by molar-refractivity contribution is 0.363. The van der Waals surface area contributed by atoms with Gasteiger partial charge in [0.05, 0.1) is 0 Å². The Balaban J connectivity index is 1.79. The maximum atomic E-state index is 11.5. The highest BCUT2D eigenvalue weighted by Gasteiger charge is 2.39. The van der Waals surface area contributed by atoms with Crippen molar-refractivity contribution in [3.05, 3.63) is 0 Å². The third-order valence-electron chi connectivity index (χ3n) is 3.63. The average molecular weight is 201 g/mol. The summed E-state index contributed by atoms with van der Waals surface area (Å²) in [5, 5.41) is 0. The number of rotatable bonds is 4. The summed E-state index contributed by atoms with van der Waals surface area (Å²) in [6.45, 7) is 0.577. The molecule has 0 saturated heterocycles. The average Bonchev–Trinajstić information content (AvgIpc) is 2.65. The topological polar surface area (TPSA) is 43.1 Å². The van der Waals surface area contributed by atoms with E-state index in [1.807, 2.05) is 0 Å². The summed E-state index contributed by atoms with van der Waals surface area (Å²) in [5.41, 5.74) is 5.39. The van der Waals surface area contributed by atoms with Crippen LogP contribution in [0, 0.1) is 17.8 Å². The molecule has 13 heavy (non-hydrogen) atoms. The zero-order chi connectivity index (χ0) is 9.26. The number of hydrogen-bond donors (Lipinski definition) is 1. The van der Waals surface area contributed by atoms with Gasteiger partial charge >= 0.3 is 0 Å². The fourth-order valence-corrected chi connectivity index (χ4v) is 4.35. The van der Waals surface area contributed by atoms with Crippen molar-refractivity contribution in [1.29, 1.82) is 0 Å². The molecule has 2 fully saturated rings. The Morgan fingerprint density at radius 3 is 2.69 bits per heavy atom. The van der Waals surface area contributed by atoms with Crippen LogP contribution in [0.15, 0.2) is 0 Å². The van der Waals surface area contributed by atoms with Crippen molar-refractivity contribution in [2.45, 2.75) is 25.7 Å². The maximum Gasteiger partial charge on any atom is 0.0357 e. The molecule has 76 valence electrons. The van der Waals surface area contributed by atoms with Gasteiger partial charge in [-0.2, -0.15) is 0 Å². The van der Waals surface area contributed by atoms with Crippen LogP contribution in [0.25, 0.3) is 0 Å². The van der Waals surface area contributed by atoms with Crippen LogP contribution in [-0.4, -0.2) is 22.3 Å². The van der Waals surface area contributed by atoms with Gasteiger partial charge in [0.2, 0.25) is 0 Å². The molecular weight excluding hydrogens is 182 g/mol. The first-order chi connectivity index (χ1) is 6.29. The highest BCUT2D eigenvalue weighted by atomic mass is 32.2. The van der Waals surface area contributed by atoms with Crippen LogP contribution < -0.4 is 5.73 Å². The maximum absolute atomic E-state index is 11.5. The number of fused-ring (bicyclic) bond motifs is 2. The van der Waals surface area contributed by atoms with Gasteiger partial charge in [-0.3, -0.25) is 4.21 Å². The van der Waals surface area contributed by atoms with Crippen LogP contribution >= 0.6 is 0 Å². The molecule has 2 N–H and O–H groups in total. The van der Waals surface area contributed by atoms with Crippen LogP contribution in [0.4, 0.5) is 0 Å². The fraction of sp³-hybridized carbons (Fsp3) is 1.00. The number of hydrogen-bond acceptors (Lipinski definition) is 2. The van der Waals surface area contributed by atoms with Gasteiger partial charge in [-0.25, -0.2) is 0 Å². The highest BCUT2D eigenvalue weighted by molar-refractivity contribution is 7.85. The molecule has 4 atom stereocenters. The summed E-state index contributed by atoms with van der Waals surface area (Å²) in [6.07, 6.45) is 5.60. The first kappa shape index (κ1) is 9.66. The van der Waals surface area contributed by atoms with Gasteiger partial charge in [0.25, 0.3) is 0 Å². The first-order valence-electron chi connectivity index (χ1n) is 5.34. The summed E-state index contributed by atoms with van der Waals surface area (Å²) >= 11 is 0. The van der Waals surface area contributed by atoms with Crippen molar-refractivity contribution in [1.82, 2.24) is 0 Å². The third kappa shape index (κ3) is 2.13. The van der Waals surface area contributed by atoms with Crippen molar-refractivity contribution in [3.63, 3.8) is 0 Å². The van der Waals surface area contributed by atoms with E-state index in [1.54, 1.807) is 0 Å². The molecule has 0 aliphatic heterocycles. The molecule has 0 aromatic carbocycles. The predicted octanol–water partition coefficient (Wildman–Crippen LogP) is 1.13. The van der Waals surface area contributed by atoms with Crippen LogP contribution in [-0.2, 0) is 10.8 Å². The molecule has 2 rings (SSSR count). The largest absolute Gasteiger partial charge is 0.330 e. The lowest BCUT2D eigenvalue weighted by atomic mass is 9.90. The molecule has 0 heterocycles. The molecule has 4 unspecified atom stereocenters. The van der Waals surface area contributed by atoms with Gasteiger partial charge in [-0.15, -0.1) is 0 Å². The molecule has 0 aromatic rings. The summed E-state index contributed by atoms with van der Waals surface area (Å²) in [7, 11) is -0.637. The molecule has 2 aliphatic rings. The van der Waals surface area contributed by atoms with E-state index in [0.717, 1.165) is 23.5 Å². The predicted molar refractivity (Wildman–Crippen MR) is 55.9 cm³/mol. The Morgan fingerprint density at radius 2 is 2.15 bits per heavy atom. The van der Waals surface area contributed by atoms with Gasteiger partial charge in [-0.05, 0) is 37.0 Å². The van der Waals surface area contributed by atoms with Crippen molar-refractivity contribution in [2.75, 3.05) is 18.1 Å². The van der Waals surface area contributed by atoms with E-state index in [-0.39, 0.29) is 0 Å². The van der Waals surface area contributed by atoms with Crippen molar-refractivity contribution in [3.8, 4) is 0 Å². The third-order valence-corrected chi connectivity index (χ3v) is 5.12. The van der Waals surface area contributed by atoms with Crippen LogP contribution in [0.3, 0.4) is 0 Å². The van der Waals surface area contributed by atoms with E-state index in [1.165, 1.54) is 25.7 Å². The standard InChI is InChI=1S/C10H19NOS/c11-3-4-13(12)7-10-6-8-1-2-9(10)5-8/h8-10H,1-7,11H2. The Bertz CT molecular complexity index is 207. The minimum absolute atomic E-state index is 0.577. The molecule has 0 amide bonds. The summed E-state index contributed by atoms with van der Waals surface area (Å²) < 4.78 is 11.5. The van der Waals surface area contributed by atoms with Gasteiger partial charge in [0, 0.05) is 28.9 Å². The van der Waals surface area contributed by atoms with Gasteiger partial charge in [0.1, 0.15) is 0 Å². The molecule has 2 nitrogen and oxygen atoms in total. The smallest absolute Gasteiger partial charge is 0.0357 e. The Kier molecular flexibility index (Phi) is 3.04. The quantitative estimate of drug-likeness (QED) is 0.741. The van der Waals surface area contributed by atoms with Gasteiger partial charge in [-0.1, -0.05) is 6.42 Å². The second kappa shape index (κ2) is 4.09. The Labute approximate surface area is 82.7 Å². The van der Waals surface area contributed by atoms with Crippen molar-refractivity contribution in [2.24, 2.45) is 23.5 Å². The molecule has 0 spiro atoms. The number of nitrogens with two attached hydrogens (primary N) is 1. The van der Waals surface area contributed by atoms with E-state index in [9.17, 15) is 4.21 Å². The molecule has 2 bridgehead atoms. The summed E-state index contributed by atoms with van der Waals surface area (Å²) in [6, 6.07) is 0. The van der Waals surface area contributed by atoms with Crippen LogP contribution in [0.1, 0.15) is 25.7 Å². The lowest BCUT2D eigenvalue weighted by Gasteiger charge is -2.20. The molecule has 0 radical (unpaired) electrons. The van der Waals surface area contributed by atoms with Gasteiger partial charge < -0.3 is 5.73 Å². The second-order valence-electron chi connectivity index (χ2n) is 4.53. The molecule has 2 saturated carbocycles. The van der Waals surface area contributed by atoms with E-state index in [4.69, 9.17) is 5.73 Å². The first-order valence-corrected chi connectivity index (χ1v) is 6.83. The van der Waals surface area contributed by atoms with Crippen molar-refractivity contribution < 1.29 is 4.21 Å². The Morgan fingerprint density at radius 1 is 1.31 bits per heavy atom. The van der Waals surface area contributed by atoms with Crippen molar-refractivity contribution >= 4 is 10.8 Å². The molecule has 0 aromatic heterocycles. The zero-order valence-electron chi connectivity index (χ0n) is 8.08. The van der Waals surface area contributed by atoms with E-state index in [2.05, 4.69) is 0 Å². The molecule has 3 heteroatoms.